The van der Waals surface area contributed by atoms with E-state index in [1.807, 2.05) is 0 Å². The van der Waals surface area contributed by atoms with E-state index in [1.165, 1.54) is 0 Å². The minimum Gasteiger partial charge on any atom is -0.372 e. The van der Waals surface area contributed by atoms with E-state index in [-0.39, 0.29) is 14.8 Å². The van der Waals surface area contributed by atoms with E-state index in [0.29, 0.717) is 0 Å². The molecule has 0 bridgehead atoms. The van der Waals surface area contributed by atoms with Crippen LogP contribution in [0, 0.1) is 0 Å². The molecule has 0 aliphatic heterocycles. The maximum absolute atomic E-state index is 8.58. The van der Waals surface area contributed by atoms with Gasteiger partial charge in [0.25, 0.3) is 0 Å². The van der Waals surface area contributed by atoms with Crippen LogP contribution in [0.1, 0.15) is 0 Å². The molecule has 0 aliphatic rings. The second kappa shape index (κ2) is 20.9. The topological polar surface area (TPSA) is 43.1 Å². The van der Waals surface area contributed by atoms with Gasteiger partial charge in [-0.3, -0.25) is 4.79 Å². The number of hydrogen-bond donors (Lipinski definition) is 1. The normalized spacial score (nSPS) is 3.00. The van der Waals surface area contributed by atoms with Gasteiger partial charge in [-0.25, -0.2) is 0 Å². The fraction of sp³-hybridized carbons (Fsp3) is 0. The van der Waals surface area contributed by atoms with Gasteiger partial charge >= 0.3 is 0 Å². The molecule has 0 unspecified atom stereocenters. The molecule has 0 atom stereocenters. The Hall–Kier alpha value is -0.465. The Bertz CT molecular complexity index is 15.5. The van der Waals surface area contributed by atoms with Crippen molar-refractivity contribution in [3.05, 3.63) is 0 Å². The van der Waals surface area contributed by atoms with Gasteiger partial charge in [-0.05, 0) is 0 Å². The minimum atomic E-state index is 0. The van der Waals surface area contributed by atoms with Crippen molar-refractivity contribution >= 4 is 14.8 Å². The first-order valence-corrected chi connectivity index (χ1v) is 0.569. The standard InChI is InChI=1S/CH3NO.B/c2-1-3;/h1H,(H2,2,3);. The molecular weight excluding hydrogens is 52.8 g/mol. The van der Waals surface area contributed by atoms with Crippen molar-refractivity contribution in [2.45, 2.75) is 0 Å². The van der Waals surface area contributed by atoms with Crippen LogP contribution >= 0.6 is 0 Å². The Morgan fingerprint density at radius 3 is 1.75 bits per heavy atom. The lowest BCUT2D eigenvalue weighted by molar-refractivity contribution is -0.106. The number of primary amides is 1. The largest absolute Gasteiger partial charge is 0.372 e. The van der Waals surface area contributed by atoms with Crippen LogP contribution in [-0.4, -0.2) is 14.8 Å². The highest BCUT2D eigenvalue weighted by Gasteiger charge is 1.19. The summed E-state index contributed by atoms with van der Waals surface area (Å²) in [6, 6.07) is 0. The van der Waals surface area contributed by atoms with Crippen LogP contribution in [0.15, 0.2) is 0 Å². The summed E-state index contributed by atoms with van der Waals surface area (Å²) in [5.74, 6) is 0. The van der Waals surface area contributed by atoms with Gasteiger partial charge in [0.1, 0.15) is 0 Å². The monoisotopic (exact) mass is 56.0 g/mol. The predicted octanol–water partition coefficient (Wildman–Crippen LogP) is -1.28. The minimum absolute atomic E-state index is 0. The number of carbonyl (C=O) groups is 1. The fourth-order valence-electron chi connectivity index (χ4n) is 0. The number of amides is 1. The van der Waals surface area contributed by atoms with E-state index >= 15 is 0 Å². The van der Waals surface area contributed by atoms with Crippen LogP contribution in [0.25, 0.3) is 0 Å². The highest BCUT2D eigenvalue weighted by atomic mass is 16.1. The molecule has 0 saturated heterocycles. The SMILES string of the molecule is NC=O.[B]. The van der Waals surface area contributed by atoms with E-state index < -0.39 is 0 Å². The molecule has 2 nitrogen and oxygen atoms in total. The van der Waals surface area contributed by atoms with Crippen molar-refractivity contribution in [3.63, 3.8) is 0 Å². The quantitative estimate of drug-likeness (QED) is 0.272. The third-order valence-corrected chi connectivity index (χ3v) is 0. The van der Waals surface area contributed by atoms with Crippen molar-refractivity contribution in [2.24, 2.45) is 5.73 Å². The number of hydrogen-bond acceptors (Lipinski definition) is 1. The molecule has 0 saturated carbocycles. The van der Waals surface area contributed by atoms with E-state index in [1.54, 1.807) is 0 Å². The summed E-state index contributed by atoms with van der Waals surface area (Å²) in [5, 5.41) is 0. The molecule has 0 aromatic rings. The molecule has 0 aromatic carbocycles. The maximum Gasteiger partial charge on any atom is 0.204 e. The average molecular weight is 55.9 g/mol. The lowest BCUT2D eigenvalue weighted by atomic mass is 10.8. The molecule has 0 heterocycles. The highest BCUT2D eigenvalue weighted by Crippen LogP contribution is 0.798. The summed E-state index contributed by atoms with van der Waals surface area (Å²) in [5.41, 5.74) is 4.17. The van der Waals surface area contributed by atoms with Crippen LogP contribution in [0.5, 0.6) is 0 Å². The van der Waals surface area contributed by atoms with Gasteiger partial charge in [0.05, 0.1) is 0 Å². The van der Waals surface area contributed by atoms with E-state index in [0.717, 1.165) is 0 Å². The van der Waals surface area contributed by atoms with Gasteiger partial charge in [-0.1, -0.05) is 0 Å². The molecule has 0 fully saturated rings. The summed E-state index contributed by atoms with van der Waals surface area (Å²) in [6.45, 7) is 0. The van der Waals surface area contributed by atoms with Gasteiger partial charge in [0.15, 0.2) is 0 Å². The van der Waals surface area contributed by atoms with E-state index in [4.69, 9.17) is 4.79 Å². The predicted molar refractivity (Wildman–Crippen MR) is 16.0 cm³/mol. The molecule has 0 aliphatic carbocycles. The van der Waals surface area contributed by atoms with Crippen molar-refractivity contribution in [1.82, 2.24) is 0 Å². The lowest BCUT2D eigenvalue weighted by Gasteiger charge is -1.32. The molecule has 0 rings (SSSR count). The fourth-order valence-corrected chi connectivity index (χ4v) is 0. The number of nitrogens with two attached hydrogens (primary N) is 1. The summed E-state index contributed by atoms with van der Waals surface area (Å²) in [7, 11) is 0. The molecule has 4 heavy (non-hydrogen) atoms. The summed E-state index contributed by atoms with van der Waals surface area (Å²) >= 11 is 0. The van der Waals surface area contributed by atoms with Crippen LogP contribution in [0.4, 0.5) is 0 Å². The Morgan fingerprint density at radius 1 is 1.75 bits per heavy atom. The highest BCUT2D eigenvalue weighted by molar-refractivity contribution is 5.75. The Balaban J connectivity index is 0. The second-order valence-corrected chi connectivity index (χ2v) is 0.136. The van der Waals surface area contributed by atoms with Gasteiger partial charge < -0.3 is 5.73 Å². The third-order valence-electron chi connectivity index (χ3n) is 0. The van der Waals surface area contributed by atoms with E-state index in [2.05, 4.69) is 5.73 Å². The van der Waals surface area contributed by atoms with Crippen molar-refractivity contribution < 1.29 is 4.79 Å². The van der Waals surface area contributed by atoms with Crippen LogP contribution in [-0.2, 0) is 4.79 Å². The molecule has 1 amide bonds. The summed E-state index contributed by atoms with van der Waals surface area (Å²) < 4.78 is 0. The zero-order chi connectivity index (χ0) is 2.71. The smallest absolute Gasteiger partial charge is 0.204 e. The molecule has 3 heteroatoms. The second-order valence-electron chi connectivity index (χ2n) is 0.136. The van der Waals surface area contributed by atoms with E-state index in [9.17, 15) is 0 Å². The molecule has 3 radical (unpaired) electrons. The summed E-state index contributed by atoms with van der Waals surface area (Å²) in [4.78, 5) is 8.58. The first-order chi connectivity index (χ1) is 1.41. The molecule has 21 valence electrons. The Labute approximate surface area is 26.6 Å². The zero-order valence-electron chi connectivity index (χ0n) is 2.14. The summed E-state index contributed by atoms with van der Waals surface area (Å²) in [6.07, 6.45) is 0.250. The van der Waals surface area contributed by atoms with Gasteiger partial charge in [0, 0.05) is 8.41 Å². The zero-order valence-corrected chi connectivity index (χ0v) is 2.14. The van der Waals surface area contributed by atoms with Gasteiger partial charge in [-0.2, -0.15) is 0 Å². The third kappa shape index (κ3) is 2.03. The first-order valence-electron chi connectivity index (χ1n) is 0.569. The van der Waals surface area contributed by atoms with Crippen LogP contribution in [0.2, 0.25) is 0 Å². The number of carbonyl (C=O) groups excluding carboxylic acids is 1. The van der Waals surface area contributed by atoms with Crippen molar-refractivity contribution in [1.29, 1.82) is 0 Å². The van der Waals surface area contributed by atoms with Crippen molar-refractivity contribution in [2.75, 3.05) is 0 Å². The lowest BCUT2D eigenvalue weighted by Crippen LogP contribution is -1.82. The van der Waals surface area contributed by atoms with Gasteiger partial charge in [0.2, 0.25) is 6.41 Å². The maximum atomic E-state index is 8.58. The molecule has 0 aromatic heterocycles. The Kier molecular flexibility index (Phi) is 50.3. The molecule has 2 N–H and O–H groups in total. The average Bonchev–Trinajstić information content (AvgIpc) is 0.918. The Morgan fingerprint density at radius 2 is 1.75 bits per heavy atom. The molecular formula is CH3BNO. The van der Waals surface area contributed by atoms with Crippen molar-refractivity contribution in [3.8, 4) is 0 Å². The van der Waals surface area contributed by atoms with Gasteiger partial charge in [-0.15, -0.1) is 0 Å². The van der Waals surface area contributed by atoms with Crippen LogP contribution in [0.3, 0.4) is 0 Å². The van der Waals surface area contributed by atoms with Crippen LogP contribution < -0.4 is 5.73 Å². The molecule has 0 spiro atoms. The first kappa shape index (κ1) is 9.64. The number of rotatable bonds is 0.